The first-order chi connectivity index (χ1) is 7.27. The zero-order valence-corrected chi connectivity index (χ0v) is 9.00. The molecule has 0 N–H and O–H groups in total. The van der Waals surface area contributed by atoms with Gasteiger partial charge in [-0.15, -0.1) is 0 Å². The summed E-state index contributed by atoms with van der Waals surface area (Å²) in [5, 5.41) is 0. The first kappa shape index (κ1) is 10.4. The minimum absolute atomic E-state index is 0.173. The Balaban J connectivity index is 2.06. The summed E-state index contributed by atoms with van der Waals surface area (Å²) in [7, 11) is 0. The van der Waals surface area contributed by atoms with Crippen LogP contribution in [0.4, 0.5) is 0 Å². The molecule has 0 atom stereocenters. The molecule has 1 aliphatic carbocycles. The van der Waals surface area contributed by atoms with E-state index in [1.807, 2.05) is 6.20 Å². The lowest BCUT2D eigenvalue weighted by Gasteiger charge is -2.25. The third kappa shape index (κ3) is 2.46. The highest BCUT2D eigenvalue weighted by Crippen LogP contribution is 2.21. The zero-order chi connectivity index (χ0) is 10.7. The Morgan fingerprint density at radius 1 is 0.933 bits per heavy atom. The second kappa shape index (κ2) is 4.60. The van der Waals surface area contributed by atoms with Gasteiger partial charge in [-0.05, 0) is 32.1 Å². The number of piperidine rings is 1. The van der Waals surface area contributed by atoms with Gasteiger partial charge in [0.2, 0.25) is 5.91 Å². The summed E-state index contributed by atoms with van der Waals surface area (Å²) in [6, 6.07) is 0. The molecule has 15 heavy (non-hydrogen) atoms. The van der Waals surface area contributed by atoms with Gasteiger partial charge in [0.15, 0.2) is 5.78 Å². The summed E-state index contributed by atoms with van der Waals surface area (Å²) >= 11 is 0. The van der Waals surface area contributed by atoms with Crippen molar-refractivity contribution in [1.82, 2.24) is 4.90 Å². The van der Waals surface area contributed by atoms with E-state index in [2.05, 4.69) is 0 Å². The van der Waals surface area contributed by atoms with E-state index in [4.69, 9.17) is 0 Å². The molecule has 1 saturated heterocycles. The van der Waals surface area contributed by atoms with Crippen LogP contribution in [0, 0.1) is 0 Å². The molecule has 3 nitrogen and oxygen atoms in total. The van der Waals surface area contributed by atoms with Gasteiger partial charge in [-0.25, -0.2) is 0 Å². The van der Waals surface area contributed by atoms with Gasteiger partial charge >= 0.3 is 0 Å². The average molecular weight is 207 g/mol. The highest BCUT2D eigenvalue weighted by molar-refractivity contribution is 5.96. The number of rotatable bonds is 1. The lowest BCUT2D eigenvalue weighted by Crippen LogP contribution is -2.31. The Bertz CT molecular complexity index is 307. The number of nitrogens with zero attached hydrogens (tertiary/aromatic N) is 1. The number of hydrogen-bond donors (Lipinski definition) is 0. The van der Waals surface area contributed by atoms with E-state index in [1.54, 1.807) is 4.90 Å². The van der Waals surface area contributed by atoms with Crippen molar-refractivity contribution >= 4 is 11.7 Å². The van der Waals surface area contributed by atoms with Gasteiger partial charge in [0.1, 0.15) is 0 Å². The first-order valence-electron chi connectivity index (χ1n) is 5.81. The lowest BCUT2D eigenvalue weighted by molar-refractivity contribution is -0.130. The molecule has 1 heterocycles. The zero-order valence-electron chi connectivity index (χ0n) is 9.00. The van der Waals surface area contributed by atoms with Crippen molar-refractivity contribution in [3.63, 3.8) is 0 Å². The van der Waals surface area contributed by atoms with Gasteiger partial charge in [-0.3, -0.25) is 9.59 Å². The van der Waals surface area contributed by atoms with Crippen molar-refractivity contribution in [2.24, 2.45) is 0 Å². The summed E-state index contributed by atoms with van der Waals surface area (Å²) in [6.45, 7) is 0.787. The number of allylic oxidation sites excluding steroid dienone is 1. The second-order valence-electron chi connectivity index (χ2n) is 4.33. The monoisotopic (exact) mass is 207 g/mol. The second-order valence-corrected chi connectivity index (χ2v) is 4.33. The molecule has 2 rings (SSSR count). The van der Waals surface area contributed by atoms with Crippen LogP contribution >= 0.6 is 0 Å². The van der Waals surface area contributed by atoms with Crippen molar-refractivity contribution in [2.75, 3.05) is 6.54 Å². The van der Waals surface area contributed by atoms with Crippen LogP contribution in [0.1, 0.15) is 44.9 Å². The molecule has 1 aliphatic heterocycles. The molecule has 2 fully saturated rings. The van der Waals surface area contributed by atoms with Crippen molar-refractivity contribution in [2.45, 2.75) is 44.9 Å². The molecular weight excluding hydrogens is 190 g/mol. The smallest absolute Gasteiger partial charge is 0.226 e. The molecule has 1 saturated carbocycles. The minimum Gasteiger partial charge on any atom is -0.319 e. The van der Waals surface area contributed by atoms with Gasteiger partial charge in [-0.1, -0.05) is 0 Å². The Labute approximate surface area is 90.1 Å². The maximum atomic E-state index is 11.6. The van der Waals surface area contributed by atoms with Gasteiger partial charge in [0.25, 0.3) is 0 Å². The quantitative estimate of drug-likeness (QED) is 0.617. The van der Waals surface area contributed by atoms with Crippen LogP contribution in [0.25, 0.3) is 0 Å². The van der Waals surface area contributed by atoms with Crippen LogP contribution in [-0.4, -0.2) is 23.1 Å². The number of amides is 1. The molecule has 3 heteroatoms. The third-order valence-corrected chi connectivity index (χ3v) is 3.13. The van der Waals surface area contributed by atoms with E-state index in [-0.39, 0.29) is 11.7 Å². The van der Waals surface area contributed by atoms with E-state index in [0.29, 0.717) is 12.8 Å². The molecule has 0 aromatic carbocycles. The van der Waals surface area contributed by atoms with Crippen LogP contribution in [0.3, 0.4) is 0 Å². The number of hydrogen-bond acceptors (Lipinski definition) is 2. The lowest BCUT2D eigenvalue weighted by atomic mass is 9.94. The molecule has 82 valence electrons. The van der Waals surface area contributed by atoms with Gasteiger partial charge in [0, 0.05) is 31.2 Å². The van der Waals surface area contributed by atoms with Gasteiger partial charge < -0.3 is 4.90 Å². The maximum Gasteiger partial charge on any atom is 0.226 e. The van der Waals surface area contributed by atoms with Crippen LogP contribution in [-0.2, 0) is 9.59 Å². The van der Waals surface area contributed by atoms with Crippen LogP contribution in [0.2, 0.25) is 0 Å². The summed E-state index contributed by atoms with van der Waals surface area (Å²) in [5.41, 5.74) is 0.858. The first-order valence-corrected chi connectivity index (χ1v) is 5.81. The highest BCUT2D eigenvalue weighted by Gasteiger charge is 2.20. The molecule has 2 aliphatic rings. The molecular formula is C12H17NO2. The van der Waals surface area contributed by atoms with Crippen LogP contribution in [0.5, 0.6) is 0 Å². The molecule has 0 spiro atoms. The summed E-state index contributed by atoms with van der Waals surface area (Å²) < 4.78 is 0. The van der Waals surface area contributed by atoms with Crippen molar-refractivity contribution in [1.29, 1.82) is 0 Å². The van der Waals surface area contributed by atoms with Crippen LogP contribution < -0.4 is 0 Å². The SMILES string of the molecule is O=C1CCCCC1=CN1CCCCC1=O. The fourth-order valence-corrected chi connectivity index (χ4v) is 2.19. The average Bonchev–Trinajstić information content (AvgIpc) is 2.24. The fourth-order valence-electron chi connectivity index (χ4n) is 2.19. The number of Topliss-reactive ketones (excluding diaryl/α,β-unsaturated/α-hetero) is 1. The number of carbonyl (C=O) groups is 2. The largest absolute Gasteiger partial charge is 0.319 e. The standard InChI is InChI=1S/C12H17NO2/c14-11-6-2-1-5-10(11)9-13-8-4-3-7-12(13)15/h9H,1-8H2. The molecule has 0 aromatic heterocycles. The predicted octanol–water partition coefficient (Wildman–Crippen LogP) is 2.03. The Kier molecular flexibility index (Phi) is 3.19. The molecule has 0 aromatic rings. The normalized spacial score (nSPS) is 26.1. The Morgan fingerprint density at radius 3 is 2.40 bits per heavy atom. The minimum atomic E-state index is 0.173. The fraction of sp³-hybridized carbons (Fsp3) is 0.667. The molecule has 0 bridgehead atoms. The molecule has 0 unspecified atom stereocenters. The van der Waals surface area contributed by atoms with Crippen LogP contribution in [0.15, 0.2) is 11.8 Å². The topological polar surface area (TPSA) is 37.4 Å². The predicted molar refractivity (Wildman–Crippen MR) is 57.1 cm³/mol. The van der Waals surface area contributed by atoms with Crippen molar-refractivity contribution in [3.8, 4) is 0 Å². The van der Waals surface area contributed by atoms with E-state index < -0.39 is 0 Å². The highest BCUT2D eigenvalue weighted by atomic mass is 16.2. The Hall–Kier alpha value is -1.12. The third-order valence-electron chi connectivity index (χ3n) is 3.13. The molecule has 0 radical (unpaired) electrons. The maximum absolute atomic E-state index is 11.6. The van der Waals surface area contributed by atoms with E-state index in [1.165, 1.54) is 0 Å². The number of ketones is 1. The Morgan fingerprint density at radius 2 is 1.67 bits per heavy atom. The van der Waals surface area contributed by atoms with E-state index in [9.17, 15) is 9.59 Å². The summed E-state index contributed by atoms with van der Waals surface area (Å²) in [6.07, 6.45) is 8.09. The summed E-state index contributed by atoms with van der Waals surface area (Å²) in [4.78, 5) is 24.9. The van der Waals surface area contributed by atoms with Crippen molar-refractivity contribution in [3.05, 3.63) is 11.8 Å². The van der Waals surface area contributed by atoms with Crippen molar-refractivity contribution < 1.29 is 9.59 Å². The van der Waals surface area contributed by atoms with Gasteiger partial charge in [-0.2, -0.15) is 0 Å². The number of carbonyl (C=O) groups excluding carboxylic acids is 2. The number of likely N-dealkylation sites (tertiary alicyclic amines) is 1. The summed E-state index contributed by atoms with van der Waals surface area (Å²) in [5.74, 6) is 0.409. The van der Waals surface area contributed by atoms with E-state index in [0.717, 1.165) is 44.2 Å². The van der Waals surface area contributed by atoms with Gasteiger partial charge in [0.05, 0.1) is 0 Å². The van der Waals surface area contributed by atoms with E-state index >= 15 is 0 Å². The molecule has 1 amide bonds.